The van der Waals surface area contributed by atoms with Gasteiger partial charge in [-0.2, -0.15) is 0 Å². The molecule has 0 saturated heterocycles. The molecule has 1 aromatic carbocycles. The van der Waals surface area contributed by atoms with Crippen molar-refractivity contribution in [3.8, 4) is 0 Å². The SMILES string of the molecule is CCF.CCF.CNCc1ccccc1. The van der Waals surface area contributed by atoms with E-state index in [9.17, 15) is 8.78 Å². The molecule has 0 radical (unpaired) electrons. The molecule has 0 saturated carbocycles. The molecule has 1 aromatic rings. The van der Waals surface area contributed by atoms with Crippen molar-refractivity contribution in [1.29, 1.82) is 0 Å². The summed E-state index contributed by atoms with van der Waals surface area (Å²) < 4.78 is 20.6. The number of hydrogen-bond donors (Lipinski definition) is 1. The lowest BCUT2D eigenvalue weighted by Gasteiger charge is -1.95. The van der Waals surface area contributed by atoms with E-state index in [4.69, 9.17) is 0 Å². The molecule has 0 spiro atoms. The van der Waals surface area contributed by atoms with Crippen LogP contribution in [0, 0.1) is 0 Å². The van der Waals surface area contributed by atoms with E-state index in [1.807, 2.05) is 25.2 Å². The van der Waals surface area contributed by atoms with E-state index in [2.05, 4.69) is 17.4 Å². The zero-order chi connectivity index (χ0) is 11.9. The van der Waals surface area contributed by atoms with Crippen molar-refractivity contribution in [3.63, 3.8) is 0 Å². The number of nitrogens with one attached hydrogen (secondary N) is 1. The molecule has 0 unspecified atom stereocenters. The molecule has 0 amide bonds. The Hall–Kier alpha value is -0.960. The highest BCUT2D eigenvalue weighted by Gasteiger charge is 1.83. The van der Waals surface area contributed by atoms with E-state index in [1.165, 1.54) is 19.4 Å². The van der Waals surface area contributed by atoms with Crippen LogP contribution >= 0.6 is 0 Å². The average molecular weight is 217 g/mol. The Morgan fingerprint density at radius 2 is 1.40 bits per heavy atom. The Balaban J connectivity index is 0. The molecule has 0 atom stereocenters. The summed E-state index contributed by atoms with van der Waals surface area (Å²) in [5.74, 6) is 0. The van der Waals surface area contributed by atoms with Crippen LogP contribution in [0.25, 0.3) is 0 Å². The fourth-order valence-electron chi connectivity index (χ4n) is 0.800. The Bertz CT molecular complexity index is 188. The zero-order valence-corrected chi connectivity index (χ0v) is 9.76. The minimum Gasteiger partial charge on any atom is -0.316 e. The van der Waals surface area contributed by atoms with E-state index >= 15 is 0 Å². The van der Waals surface area contributed by atoms with Crippen LogP contribution in [0.4, 0.5) is 8.78 Å². The van der Waals surface area contributed by atoms with Crippen LogP contribution < -0.4 is 5.32 Å². The predicted octanol–water partition coefficient (Wildman–Crippen LogP) is 3.36. The van der Waals surface area contributed by atoms with Gasteiger partial charge >= 0.3 is 0 Å². The normalized spacial score (nSPS) is 8.07. The van der Waals surface area contributed by atoms with Crippen LogP contribution in [0.15, 0.2) is 30.3 Å². The second-order valence-corrected chi connectivity index (χ2v) is 2.55. The maximum Gasteiger partial charge on any atom is 0.0866 e. The van der Waals surface area contributed by atoms with E-state index in [0.717, 1.165) is 6.54 Å². The molecule has 1 nitrogen and oxygen atoms in total. The number of halogens is 2. The minimum absolute atomic E-state index is 0.250. The largest absolute Gasteiger partial charge is 0.316 e. The molecule has 1 rings (SSSR count). The molecular formula is C12H21F2N. The Morgan fingerprint density at radius 1 is 1.00 bits per heavy atom. The third-order valence-electron chi connectivity index (χ3n) is 1.22. The summed E-state index contributed by atoms with van der Waals surface area (Å²) in [4.78, 5) is 0. The molecule has 0 aliphatic rings. The second kappa shape index (κ2) is 15.5. The summed E-state index contributed by atoms with van der Waals surface area (Å²) in [6.07, 6.45) is 0. The van der Waals surface area contributed by atoms with Gasteiger partial charge in [-0.15, -0.1) is 0 Å². The van der Waals surface area contributed by atoms with Gasteiger partial charge in [0.1, 0.15) is 0 Å². The van der Waals surface area contributed by atoms with Gasteiger partial charge in [0, 0.05) is 6.54 Å². The zero-order valence-electron chi connectivity index (χ0n) is 9.76. The van der Waals surface area contributed by atoms with Crippen molar-refractivity contribution < 1.29 is 8.78 Å². The third-order valence-corrected chi connectivity index (χ3v) is 1.22. The van der Waals surface area contributed by atoms with Gasteiger partial charge in [-0.1, -0.05) is 30.3 Å². The summed E-state index contributed by atoms with van der Waals surface area (Å²) in [5.41, 5.74) is 1.33. The molecule has 0 heterocycles. The number of rotatable bonds is 2. The monoisotopic (exact) mass is 217 g/mol. The summed E-state index contributed by atoms with van der Waals surface area (Å²) in [6, 6.07) is 10.3. The molecule has 1 N–H and O–H groups in total. The molecule has 0 aromatic heterocycles. The van der Waals surface area contributed by atoms with Gasteiger partial charge in [-0.25, -0.2) is 0 Å². The van der Waals surface area contributed by atoms with Crippen LogP contribution in [0.2, 0.25) is 0 Å². The Kier molecular flexibility index (Phi) is 17.0. The van der Waals surface area contributed by atoms with E-state index in [-0.39, 0.29) is 13.3 Å². The van der Waals surface area contributed by atoms with Crippen LogP contribution in [-0.2, 0) is 6.54 Å². The molecule has 0 aliphatic carbocycles. The van der Waals surface area contributed by atoms with Crippen molar-refractivity contribution in [2.24, 2.45) is 0 Å². The van der Waals surface area contributed by atoms with Gasteiger partial charge in [0.15, 0.2) is 0 Å². The molecule has 0 bridgehead atoms. The highest BCUT2D eigenvalue weighted by molar-refractivity contribution is 5.13. The fraction of sp³-hybridized carbons (Fsp3) is 0.500. The number of alkyl halides is 2. The van der Waals surface area contributed by atoms with Crippen LogP contribution in [-0.4, -0.2) is 20.4 Å². The lowest BCUT2D eigenvalue weighted by Crippen LogP contribution is -2.04. The highest BCUT2D eigenvalue weighted by atomic mass is 19.1. The van der Waals surface area contributed by atoms with Crippen molar-refractivity contribution >= 4 is 0 Å². The quantitative estimate of drug-likeness (QED) is 0.801. The maximum absolute atomic E-state index is 10.3. The van der Waals surface area contributed by atoms with Crippen molar-refractivity contribution in [1.82, 2.24) is 5.32 Å². The van der Waals surface area contributed by atoms with E-state index < -0.39 is 0 Å². The predicted molar refractivity (Wildman–Crippen MR) is 62.5 cm³/mol. The van der Waals surface area contributed by atoms with Crippen molar-refractivity contribution in [2.75, 3.05) is 20.4 Å². The van der Waals surface area contributed by atoms with Crippen LogP contribution in [0.5, 0.6) is 0 Å². The average Bonchev–Trinajstić information content (AvgIpc) is 2.22. The molecule has 15 heavy (non-hydrogen) atoms. The maximum atomic E-state index is 10.3. The molecule has 0 aliphatic heterocycles. The number of benzene rings is 1. The molecule has 3 heteroatoms. The standard InChI is InChI=1S/C8H11N.2C2H5F/c1-9-7-8-5-3-2-4-6-8;2*1-2-3/h2-6,9H,7H2,1H3;2*2H2,1H3. The van der Waals surface area contributed by atoms with Gasteiger partial charge in [0.2, 0.25) is 0 Å². The van der Waals surface area contributed by atoms with Gasteiger partial charge < -0.3 is 5.32 Å². The third kappa shape index (κ3) is 15.8. The topological polar surface area (TPSA) is 12.0 Å². The Morgan fingerprint density at radius 3 is 1.73 bits per heavy atom. The smallest absolute Gasteiger partial charge is 0.0866 e. The molecule has 88 valence electrons. The second-order valence-electron chi connectivity index (χ2n) is 2.55. The first kappa shape index (κ1) is 16.5. The number of hydrogen-bond acceptors (Lipinski definition) is 1. The minimum atomic E-state index is -0.250. The van der Waals surface area contributed by atoms with Gasteiger partial charge in [-0.3, -0.25) is 8.78 Å². The highest BCUT2D eigenvalue weighted by Crippen LogP contribution is 1.95. The first-order chi connectivity index (χ1) is 7.26. The molecular weight excluding hydrogens is 196 g/mol. The van der Waals surface area contributed by atoms with Gasteiger partial charge in [-0.05, 0) is 26.5 Å². The lowest BCUT2D eigenvalue weighted by molar-refractivity contribution is 0.527. The summed E-state index contributed by atoms with van der Waals surface area (Å²) in [6.45, 7) is 3.38. The molecule has 0 fully saturated rings. The lowest BCUT2D eigenvalue weighted by atomic mass is 10.2. The fourth-order valence-corrected chi connectivity index (χ4v) is 0.800. The summed E-state index contributed by atoms with van der Waals surface area (Å²) in [7, 11) is 1.95. The van der Waals surface area contributed by atoms with E-state index in [0.29, 0.717) is 0 Å². The van der Waals surface area contributed by atoms with E-state index in [1.54, 1.807) is 0 Å². The van der Waals surface area contributed by atoms with Crippen LogP contribution in [0.3, 0.4) is 0 Å². The van der Waals surface area contributed by atoms with Crippen molar-refractivity contribution in [3.05, 3.63) is 35.9 Å². The summed E-state index contributed by atoms with van der Waals surface area (Å²) in [5, 5.41) is 3.08. The Labute approximate surface area is 91.5 Å². The first-order valence-corrected chi connectivity index (χ1v) is 5.07. The van der Waals surface area contributed by atoms with Gasteiger partial charge in [0.05, 0.1) is 13.3 Å². The first-order valence-electron chi connectivity index (χ1n) is 5.07. The summed E-state index contributed by atoms with van der Waals surface area (Å²) >= 11 is 0. The van der Waals surface area contributed by atoms with Crippen molar-refractivity contribution in [2.45, 2.75) is 20.4 Å². The van der Waals surface area contributed by atoms with Gasteiger partial charge in [0.25, 0.3) is 0 Å². The van der Waals surface area contributed by atoms with Crippen LogP contribution in [0.1, 0.15) is 19.4 Å².